The molecule has 3 nitrogen and oxygen atoms in total. The third-order valence-electron chi connectivity index (χ3n) is 4.50. The molecule has 0 atom stereocenters. The summed E-state index contributed by atoms with van der Waals surface area (Å²) in [7, 11) is 0. The summed E-state index contributed by atoms with van der Waals surface area (Å²) in [4.78, 5) is 8.51. The van der Waals surface area contributed by atoms with Crippen molar-refractivity contribution in [2.24, 2.45) is 11.1 Å². The Morgan fingerprint density at radius 1 is 1.33 bits per heavy atom. The van der Waals surface area contributed by atoms with Gasteiger partial charge in [-0.05, 0) is 31.1 Å². The molecule has 0 radical (unpaired) electrons. The van der Waals surface area contributed by atoms with E-state index in [9.17, 15) is 0 Å². The van der Waals surface area contributed by atoms with Crippen molar-refractivity contribution < 1.29 is 0 Å². The van der Waals surface area contributed by atoms with Crippen molar-refractivity contribution in [2.45, 2.75) is 53.0 Å². The van der Waals surface area contributed by atoms with Crippen LogP contribution < -0.4 is 10.6 Å². The summed E-state index contributed by atoms with van der Waals surface area (Å²) in [5.74, 6) is 0. The number of rotatable bonds is 5. The molecule has 1 aromatic heterocycles. The lowest BCUT2D eigenvalue weighted by atomic mass is 9.82. The van der Waals surface area contributed by atoms with E-state index in [0.29, 0.717) is 12.0 Å². The Balaban J connectivity index is 2.16. The lowest BCUT2D eigenvalue weighted by molar-refractivity contribution is 0.301. The molecule has 1 aliphatic rings. The van der Waals surface area contributed by atoms with Gasteiger partial charge in [0.1, 0.15) is 0 Å². The van der Waals surface area contributed by atoms with E-state index >= 15 is 0 Å². The predicted octanol–water partition coefficient (Wildman–Crippen LogP) is 3.18. The maximum atomic E-state index is 5.80. The zero-order valence-corrected chi connectivity index (χ0v) is 12.6. The van der Waals surface area contributed by atoms with Crippen molar-refractivity contribution in [3.8, 4) is 0 Å². The third kappa shape index (κ3) is 2.41. The molecule has 0 bridgehead atoms. The van der Waals surface area contributed by atoms with Crippen molar-refractivity contribution in [2.75, 3.05) is 18.0 Å². The summed E-state index contributed by atoms with van der Waals surface area (Å²) in [6, 6.07) is 0. The summed E-state index contributed by atoms with van der Waals surface area (Å²) >= 11 is 1.79. The second-order valence-electron chi connectivity index (χ2n) is 5.30. The molecule has 102 valence electrons. The summed E-state index contributed by atoms with van der Waals surface area (Å²) in [5.41, 5.74) is 7.51. The van der Waals surface area contributed by atoms with Crippen LogP contribution in [-0.2, 0) is 13.0 Å². The maximum absolute atomic E-state index is 5.80. The van der Waals surface area contributed by atoms with Crippen LogP contribution in [0.3, 0.4) is 0 Å². The number of hydrogen-bond donors (Lipinski definition) is 1. The zero-order chi connectivity index (χ0) is 13.2. The molecule has 4 heteroatoms. The number of anilines is 1. The quantitative estimate of drug-likeness (QED) is 0.891. The minimum atomic E-state index is 0.515. The molecule has 1 aliphatic heterocycles. The number of aryl methyl sites for hydroxylation is 1. The van der Waals surface area contributed by atoms with Crippen LogP contribution >= 0.6 is 11.3 Å². The molecule has 0 aromatic carbocycles. The molecular formula is C14H25N3S. The molecule has 0 amide bonds. The maximum Gasteiger partial charge on any atom is 0.185 e. The minimum Gasteiger partial charge on any atom is -0.348 e. The van der Waals surface area contributed by atoms with Gasteiger partial charge >= 0.3 is 0 Å². The Labute approximate surface area is 114 Å². The number of aromatic nitrogens is 1. The topological polar surface area (TPSA) is 42.2 Å². The summed E-state index contributed by atoms with van der Waals surface area (Å²) in [6.45, 7) is 9.74. The molecule has 2 N–H and O–H groups in total. The Kier molecular flexibility index (Phi) is 4.28. The van der Waals surface area contributed by atoms with Crippen LogP contribution in [0, 0.1) is 5.41 Å². The van der Waals surface area contributed by atoms with E-state index in [1.54, 1.807) is 11.3 Å². The summed E-state index contributed by atoms with van der Waals surface area (Å²) < 4.78 is 0. The average Bonchev–Trinajstić information content (AvgIpc) is 3.02. The number of nitrogens with two attached hydrogens (primary N) is 1. The van der Waals surface area contributed by atoms with Gasteiger partial charge in [0.25, 0.3) is 0 Å². The fourth-order valence-corrected chi connectivity index (χ4v) is 3.92. The van der Waals surface area contributed by atoms with Gasteiger partial charge in [-0.1, -0.05) is 20.8 Å². The highest BCUT2D eigenvalue weighted by Gasteiger charge is 2.36. The average molecular weight is 267 g/mol. The third-order valence-corrected chi connectivity index (χ3v) is 5.68. The lowest BCUT2D eigenvalue weighted by Gasteiger charge is -2.26. The SMILES string of the molecule is CCc1nc(N2CCC(CC)(CC)C2)sc1CN. The number of hydrogen-bond acceptors (Lipinski definition) is 4. The van der Waals surface area contributed by atoms with Crippen LogP contribution in [0.2, 0.25) is 0 Å². The molecule has 1 saturated heterocycles. The lowest BCUT2D eigenvalue weighted by Crippen LogP contribution is -2.26. The highest BCUT2D eigenvalue weighted by Crippen LogP contribution is 2.40. The van der Waals surface area contributed by atoms with E-state index in [0.717, 1.165) is 13.0 Å². The molecule has 1 fully saturated rings. The van der Waals surface area contributed by atoms with Crippen molar-refractivity contribution in [1.29, 1.82) is 0 Å². The van der Waals surface area contributed by atoms with E-state index in [4.69, 9.17) is 10.7 Å². The van der Waals surface area contributed by atoms with Gasteiger partial charge in [-0.2, -0.15) is 0 Å². The molecule has 2 heterocycles. The van der Waals surface area contributed by atoms with Crippen LogP contribution in [0.15, 0.2) is 0 Å². The smallest absolute Gasteiger partial charge is 0.185 e. The van der Waals surface area contributed by atoms with Gasteiger partial charge in [0.2, 0.25) is 0 Å². The monoisotopic (exact) mass is 267 g/mol. The first kappa shape index (κ1) is 13.8. The van der Waals surface area contributed by atoms with Gasteiger partial charge in [0.05, 0.1) is 5.69 Å². The van der Waals surface area contributed by atoms with Gasteiger partial charge in [-0.25, -0.2) is 4.98 Å². The molecular weight excluding hydrogens is 242 g/mol. The van der Waals surface area contributed by atoms with Gasteiger partial charge in [0.15, 0.2) is 5.13 Å². The van der Waals surface area contributed by atoms with Crippen molar-refractivity contribution >= 4 is 16.5 Å². The Hall–Kier alpha value is -0.610. The van der Waals surface area contributed by atoms with E-state index < -0.39 is 0 Å². The zero-order valence-electron chi connectivity index (χ0n) is 11.8. The normalized spacial score (nSPS) is 18.6. The molecule has 2 rings (SSSR count). The summed E-state index contributed by atoms with van der Waals surface area (Å²) in [6.07, 6.45) is 4.84. The van der Waals surface area contributed by atoms with Crippen molar-refractivity contribution in [1.82, 2.24) is 4.98 Å². The van der Waals surface area contributed by atoms with Crippen LogP contribution in [0.25, 0.3) is 0 Å². The first-order valence-corrected chi connectivity index (χ1v) is 7.93. The van der Waals surface area contributed by atoms with Crippen LogP contribution in [0.1, 0.15) is 50.6 Å². The van der Waals surface area contributed by atoms with Crippen molar-refractivity contribution in [3.05, 3.63) is 10.6 Å². The molecule has 0 aliphatic carbocycles. The van der Waals surface area contributed by atoms with Gasteiger partial charge in [-0.15, -0.1) is 11.3 Å². The fourth-order valence-electron chi connectivity index (χ4n) is 2.87. The Bertz CT molecular complexity index is 374. The fraction of sp³-hybridized carbons (Fsp3) is 0.786. The van der Waals surface area contributed by atoms with Crippen LogP contribution in [0.4, 0.5) is 5.13 Å². The minimum absolute atomic E-state index is 0.515. The van der Waals surface area contributed by atoms with Gasteiger partial charge in [-0.3, -0.25) is 0 Å². The second kappa shape index (κ2) is 5.57. The largest absolute Gasteiger partial charge is 0.348 e. The number of nitrogens with zero attached hydrogens (tertiary/aromatic N) is 2. The van der Waals surface area contributed by atoms with E-state index in [1.165, 1.54) is 41.5 Å². The molecule has 0 spiro atoms. The molecule has 0 saturated carbocycles. The first-order valence-electron chi connectivity index (χ1n) is 7.11. The van der Waals surface area contributed by atoms with Gasteiger partial charge < -0.3 is 10.6 Å². The molecule has 18 heavy (non-hydrogen) atoms. The van der Waals surface area contributed by atoms with E-state index in [1.807, 2.05) is 0 Å². The first-order chi connectivity index (χ1) is 8.68. The van der Waals surface area contributed by atoms with Crippen LogP contribution in [-0.4, -0.2) is 18.1 Å². The Morgan fingerprint density at radius 2 is 2.06 bits per heavy atom. The van der Waals surface area contributed by atoms with E-state index in [2.05, 4.69) is 25.7 Å². The molecule has 1 aromatic rings. The Morgan fingerprint density at radius 3 is 2.50 bits per heavy atom. The second-order valence-corrected chi connectivity index (χ2v) is 6.36. The highest BCUT2D eigenvalue weighted by atomic mass is 32.1. The predicted molar refractivity (Wildman–Crippen MR) is 79.2 cm³/mol. The van der Waals surface area contributed by atoms with Gasteiger partial charge in [0, 0.05) is 24.5 Å². The summed E-state index contributed by atoms with van der Waals surface area (Å²) in [5, 5.41) is 1.19. The standard InChI is InChI=1S/C14H25N3S/c1-4-11-12(9-15)18-13(16-11)17-8-7-14(5-2,6-3)10-17/h4-10,15H2,1-3H3. The van der Waals surface area contributed by atoms with Crippen molar-refractivity contribution in [3.63, 3.8) is 0 Å². The molecule has 0 unspecified atom stereocenters. The number of thiazole rings is 1. The van der Waals surface area contributed by atoms with E-state index in [-0.39, 0.29) is 0 Å². The highest BCUT2D eigenvalue weighted by molar-refractivity contribution is 7.15. The van der Waals surface area contributed by atoms with Crippen LogP contribution in [0.5, 0.6) is 0 Å².